The zero-order chi connectivity index (χ0) is 16.7. The summed E-state index contributed by atoms with van der Waals surface area (Å²) < 4.78 is 0. The van der Waals surface area contributed by atoms with Crippen LogP contribution in [0, 0.1) is 33.3 Å². The van der Waals surface area contributed by atoms with E-state index in [1.807, 2.05) is 12.2 Å². The van der Waals surface area contributed by atoms with Gasteiger partial charge in [0, 0.05) is 17.5 Å². The van der Waals surface area contributed by atoms with Gasteiger partial charge in [-0.1, -0.05) is 11.2 Å². The SMILES string of the molecule is O=[N+]([O-])c1ccc(C=CC(=NO)C23CC4CC(CC(C4)C2)C3)cc1. The fourth-order valence-electron chi connectivity index (χ4n) is 5.62. The van der Waals surface area contributed by atoms with E-state index in [0.717, 1.165) is 48.3 Å². The fraction of sp³-hybridized carbons (Fsp3) is 0.526. The number of benzene rings is 1. The minimum Gasteiger partial charge on any atom is -0.411 e. The van der Waals surface area contributed by atoms with Crippen molar-refractivity contribution in [3.8, 4) is 0 Å². The molecule has 0 radical (unpaired) electrons. The van der Waals surface area contributed by atoms with Crippen LogP contribution in [0.1, 0.15) is 44.1 Å². The summed E-state index contributed by atoms with van der Waals surface area (Å²) in [5, 5.41) is 24.0. The van der Waals surface area contributed by atoms with Gasteiger partial charge in [0.25, 0.3) is 5.69 Å². The van der Waals surface area contributed by atoms with Crippen molar-refractivity contribution in [3.05, 3.63) is 46.0 Å². The first-order valence-electron chi connectivity index (χ1n) is 8.73. The maximum atomic E-state index is 10.7. The highest BCUT2D eigenvalue weighted by Gasteiger charge is 2.52. The Balaban J connectivity index is 1.55. The number of nitrogens with zero attached hydrogens (tertiary/aromatic N) is 2. The highest BCUT2D eigenvalue weighted by molar-refractivity contribution is 6.02. The molecule has 4 saturated carbocycles. The van der Waals surface area contributed by atoms with Crippen molar-refractivity contribution in [2.75, 3.05) is 0 Å². The Bertz CT molecular complexity index is 671. The molecule has 5 rings (SSSR count). The van der Waals surface area contributed by atoms with Gasteiger partial charge in [-0.05, 0) is 80.1 Å². The molecular formula is C19H22N2O3. The number of allylic oxidation sites excluding steroid dienone is 1. The molecule has 1 aromatic rings. The van der Waals surface area contributed by atoms with E-state index >= 15 is 0 Å². The molecule has 0 amide bonds. The largest absolute Gasteiger partial charge is 0.411 e. The molecule has 0 aromatic heterocycles. The molecule has 4 fully saturated rings. The molecule has 0 heterocycles. The van der Waals surface area contributed by atoms with Crippen LogP contribution in [-0.4, -0.2) is 15.8 Å². The summed E-state index contributed by atoms with van der Waals surface area (Å²) in [6.45, 7) is 0. The maximum absolute atomic E-state index is 10.7. The summed E-state index contributed by atoms with van der Waals surface area (Å²) in [4.78, 5) is 10.3. The second kappa shape index (κ2) is 5.72. The van der Waals surface area contributed by atoms with Crippen LogP contribution in [-0.2, 0) is 0 Å². The van der Waals surface area contributed by atoms with Gasteiger partial charge < -0.3 is 5.21 Å². The predicted octanol–water partition coefficient (Wildman–Crippen LogP) is 4.65. The molecule has 5 heteroatoms. The lowest BCUT2D eigenvalue weighted by atomic mass is 9.48. The van der Waals surface area contributed by atoms with Gasteiger partial charge in [-0.25, -0.2) is 0 Å². The summed E-state index contributed by atoms with van der Waals surface area (Å²) in [5.41, 5.74) is 1.80. The van der Waals surface area contributed by atoms with Crippen LogP contribution in [0.3, 0.4) is 0 Å². The molecule has 126 valence electrons. The van der Waals surface area contributed by atoms with Gasteiger partial charge in [0.15, 0.2) is 0 Å². The molecular weight excluding hydrogens is 304 g/mol. The Kier molecular flexibility index (Phi) is 3.66. The second-order valence-electron chi connectivity index (χ2n) is 7.87. The average molecular weight is 326 g/mol. The molecule has 0 unspecified atom stereocenters. The monoisotopic (exact) mass is 326 g/mol. The standard InChI is InChI=1S/C19H22N2O3/c22-20-18(6-3-13-1-4-17(5-2-13)21(23)24)19-10-14-7-15(11-19)9-16(8-14)12-19/h1-6,14-16,22H,7-12H2. The van der Waals surface area contributed by atoms with Gasteiger partial charge >= 0.3 is 0 Å². The van der Waals surface area contributed by atoms with Crippen LogP contribution in [0.25, 0.3) is 6.08 Å². The van der Waals surface area contributed by atoms with Crippen LogP contribution in [0.5, 0.6) is 0 Å². The van der Waals surface area contributed by atoms with Crippen LogP contribution >= 0.6 is 0 Å². The fourth-order valence-corrected chi connectivity index (χ4v) is 5.62. The Morgan fingerprint density at radius 1 is 1.12 bits per heavy atom. The lowest BCUT2D eigenvalue weighted by Gasteiger charge is -2.56. The lowest BCUT2D eigenvalue weighted by Crippen LogP contribution is -2.49. The predicted molar refractivity (Wildman–Crippen MR) is 92.0 cm³/mol. The highest BCUT2D eigenvalue weighted by Crippen LogP contribution is 2.60. The zero-order valence-electron chi connectivity index (χ0n) is 13.6. The van der Waals surface area contributed by atoms with E-state index in [4.69, 9.17) is 0 Å². The van der Waals surface area contributed by atoms with Crippen molar-refractivity contribution in [1.82, 2.24) is 0 Å². The van der Waals surface area contributed by atoms with E-state index in [2.05, 4.69) is 5.16 Å². The Morgan fingerprint density at radius 2 is 1.67 bits per heavy atom. The number of nitro benzene ring substituents is 1. The van der Waals surface area contributed by atoms with Gasteiger partial charge in [-0.2, -0.15) is 0 Å². The molecule has 1 aromatic carbocycles. The van der Waals surface area contributed by atoms with Crippen molar-refractivity contribution < 1.29 is 10.1 Å². The summed E-state index contributed by atoms with van der Waals surface area (Å²) in [6.07, 6.45) is 11.3. The van der Waals surface area contributed by atoms with Gasteiger partial charge in [0.05, 0.1) is 10.6 Å². The molecule has 4 aliphatic rings. The Hall–Kier alpha value is -2.17. The van der Waals surface area contributed by atoms with Gasteiger partial charge in [-0.15, -0.1) is 0 Å². The van der Waals surface area contributed by atoms with Gasteiger partial charge in [0.2, 0.25) is 0 Å². The number of rotatable bonds is 4. The minimum absolute atomic E-state index is 0.0424. The third-order valence-electron chi connectivity index (χ3n) is 6.23. The first-order chi connectivity index (χ1) is 11.6. The maximum Gasteiger partial charge on any atom is 0.269 e. The number of nitro groups is 1. The number of hydrogen-bond acceptors (Lipinski definition) is 4. The van der Waals surface area contributed by atoms with E-state index < -0.39 is 4.92 Å². The van der Waals surface area contributed by atoms with Crippen molar-refractivity contribution >= 4 is 17.5 Å². The van der Waals surface area contributed by atoms with Crippen molar-refractivity contribution in [1.29, 1.82) is 0 Å². The summed E-state index contributed by atoms with van der Waals surface area (Å²) >= 11 is 0. The third kappa shape index (κ3) is 2.62. The molecule has 4 aliphatic carbocycles. The molecule has 0 spiro atoms. The third-order valence-corrected chi connectivity index (χ3v) is 6.23. The van der Waals surface area contributed by atoms with E-state index in [1.54, 1.807) is 12.1 Å². The van der Waals surface area contributed by atoms with E-state index in [1.165, 1.54) is 31.4 Å². The van der Waals surface area contributed by atoms with E-state index in [0.29, 0.717) is 0 Å². The quantitative estimate of drug-likeness (QED) is 0.378. The first-order valence-corrected chi connectivity index (χ1v) is 8.73. The van der Waals surface area contributed by atoms with Crippen molar-refractivity contribution in [2.45, 2.75) is 38.5 Å². The molecule has 0 saturated heterocycles. The van der Waals surface area contributed by atoms with E-state index in [-0.39, 0.29) is 11.1 Å². The number of oxime groups is 1. The molecule has 4 bridgehead atoms. The summed E-state index contributed by atoms with van der Waals surface area (Å²) in [6, 6.07) is 6.45. The lowest BCUT2D eigenvalue weighted by molar-refractivity contribution is -0.384. The normalized spacial score (nSPS) is 34.8. The Morgan fingerprint density at radius 3 is 2.12 bits per heavy atom. The van der Waals surface area contributed by atoms with Crippen LogP contribution < -0.4 is 0 Å². The first kappa shape index (κ1) is 15.4. The average Bonchev–Trinajstić information content (AvgIpc) is 2.54. The van der Waals surface area contributed by atoms with Crippen LogP contribution in [0.4, 0.5) is 5.69 Å². The molecule has 24 heavy (non-hydrogen) atoms. The zero-order valence-corrected chi connectivity index (χ0v) is 13.6. The highest BCUT2D eigenvalue weighted by atomic mass is 16.6. The smallest absolute Gasteiger partial charge is 0.269 e. The van der Waals surface area contributed by atoms with Crippen molar-refractivity contribution in [3.63, 3.8) is 0 Å². The van der Waals surface area contributed by atoms with Gasteiger partial charge in [0.1, 0.15) is 0 Å². The van der Waals surface area contributed by atoms with Crippen LogP contribution in [0.15, 0.2) is 35.5 Å². The molecule has 0 aliphatic heterocycles. The molecule has 1 N–H and O–H groups in total. The summed E-state index contributed by atoms with van der Waals surface area (Å²) in [5.74, 6) is 2.38. The van der Waals surface area contributed by atoms with E-state index in [9.17, 15) is 15.3 Å². The summed E-state index contributed by atoms with van der Waals surface area (Å²) in [7, 11) is 0. The Labute approximate surface area is 141 Å². The molecule has 0 atom stereocenters. The van der Waals surface area contributed by atoms with Crippen LogP contribution in [0.2, 0.25) is 0 Å². The number of hydrogen-bond donors (Lipinski definition) is 1. The van der Waals surface area contributed by atoms with Gasteiger partial charge in [-0.3, -0.25) is 10.1 Å². The topological polar surface area (TPSA) is 75.7 Å². The number of non-ortho nitro benzene ring substituents is 1. The minimum atomic E-state index is -0.399. The second-order valence-corrected chi connectivity index (χ2v) is 7.87. The van der Waals surface area contributed by atoms with Crippen molar-refractivity contribution in [2.24, 2.45) is 28.3 Å². The molecule has 5 nitrogen and oxygen atoms in total.